The summed E-state index contributed by atoms with van der Waals surface area (Å²) in [5.74, 6) is 2.09. The second kappa shape index (κ2) is 9.40. The molecule has 0 atom stereocenters. The molecule has 0 unspecified atom stereocenters. The zero-order valence-corrected chi connectivity index (χ0v) is 17.7. The van der Waals surface area contributed by atoms with Gasteiger partial charge >= 0.3 is 0 Å². The first-order valence-corrected chi connectivity index (χ1v) is 11.4. The lowest BCUT2D eigenvalue weighted by Crippen LogP contribution is -2.07. The fourth-order valence-corrected chi connectivity index (χ4v) is 4.82. The zero-order valence-electron chi connectivity index (χ0n) is 16.9. The molecule has 2 aromatic carbocycles. The van der Waals surface area contributed by atoms with Gasteiger partial charge in [-0.3, -0.25) is 4.79 Å². The third-order valence-electron chi connectivity index (χ3n) is 5.77. The molecule has 1 aliphatic rings. The molecule has 1 saturated carbocycles. The lowest BCUT2D eigenvalue weighted by molar-refractivity contribution is 0.102. The number of aromatic nitrogens is 3. The average Bonchev–Trinajstić information content (AvgIpc) is 3.12. The molecular weight excluding hydrogens is 378 g/mol. The van der Waals surface area contributed by atoms with Crippen LogP contribution in [-0.2, 0) is 13.5 Å². The van der Waals surface area contributed by atoms with Gasteiger partial charge in [-0.05, 0) is 29.9 Å². The summed E-state index contributed by atoms with van der Waals surface area (Å²) in [6, 6.07) is 18.5. The highest BCUT2D eigenvalue weighted by molar-refractivity contribution is 7.99. The van der Waals surface area contributed by atoms with Crippen LogP contribution in [-0.4, -0.2) is 26.3 Å². The molecule has 3 aromatic rings. The summed E-state index contributed by atoms with van der Waals surface area (Å²) in [4.78, 5) is 12.6. The van der Waals surface area contributed by atoms with Crippen molar-refractivity contribution in [2.24, 2.45) is 7.05 Å². The van der Waals surface area contributed by atoms with Crippen LogP contribution in [0.3, 0.4) is 0 Å². The van der Waals surface area contributed by atoms with Gasteiger partial charge in [0.25, 0.3) is 0 Å². The van der Waals surface area contributed by atoms with Crippen LogP contribution in [0.5, 0.6) is 0 Å². The van der Waals surface area contributed by atoms with Gasteiger partial charge < -0.3 is 4.57 Å². The molecule has 4 nitrogen and oxygen atoms in total. The van der Waals surface area contributed by atoms with Gasteiger partial charge in [0, 0.05) is 19.0 Å². The van der Waals surface area contributed by atoms with Crippen LogP contribution < -0.4 is 0 Å². The number of benzene rings is 2. The Hall–Kier alpha value is -2.40. The summed E-state index contributed by atoms with van der Waals surface area (Å²) in [5, 5.41) is 9.36. The Bertz CT molecular complexity index is 944. The first-order chi connectivity index (χ1) is 14.2. The molecule has 1 aliphatic carbocycles. The third kappa shape index (κ3) is 4.96. The van der Waals surface area contributed by atoms with Crippen molar-refractivity contribution < 1.29 is 4.79 Å². The maximum atomic E-state index is 12.6. The molecule has 1 fully saturated rings. The van der Waals surface area contributed by atoms with Gasteiger partial charge in [0.15, 0.2) is 10.9 Å². The summed E-state index contributed by atoms with van der Waals surface area (Å²) in [7, 11) is 1.96. The molecule has 4 rings (SSSR count). The first kappa shape index (κ1) is 19.9. The Labute approximate surface area is 176 Å². The van der Waals surface area contributed by atoms with E-state index in [1.165, 1.54) is 55.0 Å². The SMILES string of the molecule is Cn1c(Cc2ccccc2)nnc1SCC(=O)c1ccc(C2CCCCC2)cc1. The largest absolute Gasteiger partial charge is 0.309 e. The number of rotatable bonds is 7. The van der Waals surface area contributed by atoms with E-state index in [1.54, 1.807) is 0 Å². The van der Waals surface area contributed by atoms with Crippen LogP contribution in [0.4, 0.5) is 0 Å². The molecule has 29 heavy (non-hydrogen) atoms. The molecular formula is C24H27N3OS. The molecule has 0 aliphatic heterocycles. The molecule has 0 amide bonds. The number of thioether (sulfide) groups is 1. The van der Waals surface area contributed by atoms with Crippen molar-refractivity contribution in [3.8, 4) is 0 Å². The van der Waals surface area contributed by atoms with E-state index in [0.29, 0.717) is 11.7 Å². The highest BCUT2D eigenvalue weighted by Crippen LogP contribution is 2.32. The smallest absolute Gasteiger partial charge is 0.191 e. The molecule has 0 radical (unpaired) electrons. The van der Waals surface area contributed by atoms with E-state index in [9.17, 15) is 4.79 Å². The van der Waals surface area contributed by atoms with E-state index in [0.717, 1.165) is 23.0 Å². The highest BCUT2D eigenvalue weighted by Gasteiger charge is 2.17. The normalized spacial score (nSPS) is 14.8. The van der Waals surface area contributed by atoms with Gasteiger partial charge in [-0.1, -0.05) is 85.6 Å². The van der Waals surface area contributed by atoms with Gasteiger partial charge in [-0.2, -0.15) is 0 Å². The Morgan fingerprint density at radius 1 is 1.00 bits per heavy atom. The highest BCUT2D eigenvalue weighted by atomic mass is 32.2. The van der Waals surface area contributed by atoms with Crippen molar-refractivity contribution >= 4 is 17.5 Å². The van der Waals surface area contributed by atoms with Crippen molar-refractivity contribution in [2.45, 2.75) is 49.6 Å². The second-order valence-electron chi connectivity index (χ2n) is 7.79. The Morgan fingerprint density at radius 3 is 2.45 bits per heavy atom. The summed E-state index contributed by atoms with van der Waals surface area (Å²) < 4.78 is 1.98. The molecule has 0 bridgehead atoms. The van der Waals surface area contributed by atoms with Crippen LogP contribution >= 0.6 is 11.8 Å². The zero-order chi connectivity index (χ0) is 20.1. The van der Waals surface area contributed by atoms with E-state index in [2.05, 4.69) is 34.5 Å². The van der Waals surface area contributed by atoms with Gasteiger partial charge in [-0.25, -0.2) is 0 Å². The van der Waals surface area contributed by atoms with E-state index in [4.69, 9.17) is 0 Å². The number of nitrogens with zero attached hydrogens (tertiary/aromatic N) is 3. The Kier molecular flexibility index (Phi) is 6.45. The fourth-order valence-electron chi connectivity index (χ4n) is 3.99. The van der Waals surface area contributed by atoms with E-state index < -0.39 is 0 Å². The topological polar surface area (TPSA) is 47.8 Å². The minimum atomic E-state index is 0.137. The molecule has 0 saturated heterocycles. The molecule has 150 valence electrons. The predicted octanol–water partition coefficient (Wildman–Crippen LogP) is 5.43. The van der Waals surface area contributed by atoms with Crippen molar-refractivity contribution in [3.63, 3.8) is 0 Å². The van der Waals surface area contributed by atoms with Crippen LogP contribution in [0, 0.1) is 0 Å². The molecule has 1 heterocycles. The summed E-state index contributed by atoms with van der Waals surface area (Å²) in [6.07, 6.45) is 7.31. The minimum absolute atomic E-state index is 0.137. The van der Waals surface area contributed by atoms with Gasteiger partial charge in [0.1, 0.15) is 5.82 Å². The Morgan fingerprint density at radius 2 is 1.72 bits per heavy atom. The number of carbonyl (C=O) groups is 1. The monoisotopic (exact) mass is 405 g/mol. The van der Waals surface area contributed by atoms with Crippen LogP contribution in [0.2, 0.25) is 0 Å². The molecule has 1 aromatic heterocycles. The van der Waals surface area contributed by atoms with Crippen LogP contribution in [0.1, 0.15) is 65.3 Å². The van der Waals surface area contributed by atoms with E-state index in [1.807, 2.05) is 41.9 Å². The summed E-state index contributed by atoms with van der Waals surface area (Å²) in [6.45, 7) is 0. The van der Waals surface area contributed by atoms with E-state index in [-0.39, 0.29) is 5.78 Å². The van der Waals surface area contributed by atoms with Crippen LogP contribution in [0.25, 0.3) is 0 Å². The predicted molar refractivity (Wildman–Crippen MR) is 118 cm³/mol. The molecule has 5 heteroatoms. The van der Waals surface area contributed by atoms with Gasteiger partial charge in [-0.15, -0.1) is 10.2 Å². The first-order valence-electron chi connectivity index (χ1n) is 10.4. The fraction of sp³-hybridized carbons (Fsp3) is 0.375. The second-order valence-corrected chi connectivity index (χ2v) is 8.73. The number of carbonyl (C=O) groups excluding carboxylic acids is 1. The molecule has 0 N–H and O–H groups in total. The standard InChI is InChI=1S/C24H27N3OS/c1-27-23(16-18-8-4-2-5-9-18)25-26-24(27)29-17-22(28)21-14-12-20(13-15-21)19-10-6-3-7-11-19/h2,4-5,8-9,12-15,19H,3,6-7,10-11,16-17H2,1H3. The summed E-state index contributed by atoms with van der Waals surface area (Å²) >= 11 is 1.45. The van der Waals surface area contributed by atoms with Gasteiger partial charge in [0.05, 0.1) is 5.75 Å². The maximum absolute atomic E-state index is 12.6. The van der Waals surface area contributed by atoms with Crippen molar-refractivity contribution in [1.29, 1.82) is 0 Å². The molecule has 0 spiro atoms. The van der Waals surface area contributed by atoms with Crippen LogP contribution in [0.15, 0.2) is 59.8 Å². The van der Waals surface area contributed by atoms with E-state index >= 15 is 0 Å². The van der Waals surface area contributed by atoms with Crippen molar-refractivity contribution in [1.82, 2.24) is 14.8 Å². The number of hydrogen-bond acceptors (Lipinski definition) is 4. The number of ketones is 1. The third-order valence-corrected chi connectivity index (χ3v) is 6.79. The minimum Gasteiger partial charge on any atom is -0.309 e. The Balaban J connectivity index is 1.34. The average molecular weight is 406 g/mol. The lowest BCUT2D eigenvalue weighted by Gasteiger charge is -2.22. The lowest BCUT2D eigenvalue weighted by atomic mass is 9.84. The van der Waals surface area contributed by atoms with Crippen molar-refractivity contribution in [2.75, 3.05) is 5.75 Å². The van der Waals surface area contributed by atoms with Crippen molar-refractivity contribution in [3.05, 3.63) is 77.1 Å². The maximum Gasteiger partial charge on any atom is 0.191 e. The quantitative estimate of drug-likeness (QED) is 0.388. The number of hydrogen-bond donors (Lipinski definition) is 0. The van der Waals surface area contributed by atoms with Gasteiger partial charge in [0.2, 0.25) is 0 Å². The number of Topliss-reactive ketones (excluding diaryl/α,β-unsaturated/α-hetero) is 1. The summed E-state index contributed by atoms with van der Waals surface area (Å²) in [5.41, 5.74) is 3.37.